The summed E-state index contributed by atoms with van der Waals surface area (Å²) < 4.78 is 12.1. The van der Waals surface area contributed by atoms with Crippen LogP contribution in [0.4, 0.5) is 0 Å². The molecule has 0 aliphatic heterocycles. The Balaban J connectivity index is 3.00. The van der Waals surface area contributed by atoms with Crippen molar-refractivity contribution in [3.8, 4) is 0 Å². The zero-order valence-electron chi connectivity index (χ0n) is 5.65. The zero-order valence-corrected chi connectivity index (χ0v) is 8.19. The summed E-state index contributed by atoms with van der Waals surface area (Å²) in [7, 11) is 0. The van der Waals surface area contributed by atoms with Crippen molar-refractivity contribution in [2.24, 2.45) is 0 Å². The fraction of sp³-hybridized carbons (Fsp3) is 0.125. The number of benzene rings is 1. The SMILES string of the molecule is Cc1ccc([CH]=[Os]=[O])cc1. The molecular formula is C8H8OOs. The topological polar surface area (TPSA) is 17.1 Å². The number of hydrogen-bond acceptors (Lipinski definition) is 1. The van der Waals surface area contributed by atoms with Crippen LogP contribution in [0, 0.1) is 6.92 Å². The second-order valence-corrected chi connectivity index (χ2v) is 3.43. The van der Waals surface area contributed by atoms with Gasteiger partial charge in [-0.3, -0.25) is 0 Å². The number of aryl methyl sites for hydroxylation is 1. The molecule has 1 aromatic rings. The Bertz CT molecular complexity index is 257. The van der Waals surface area contributed by atoms with Gasteiger partial charge in [-0.2, -0.15) is 0 Å². The Morgan fingerprint density at radius 3 is 2.40 bits per heavy atom. The van der Waals surface area contributed by atoms with E-state index in [1.807, 2.05) is 31.2 Å². The molecule has 54 valence electrons. The standard InChI is InChI=1S/C8H8.O.Os/c1-7-3-5-8(2)6-4-7;;/h1,3-6H,2H3;;. The molecule has 0 atom stereocenters. The van der Waals surface area contributed by atoms with E-state index in [0.29, 0.717) is 0 Å². The average Bonchev–Trinajstić information content (AvgIpc) is 1.95. The van der Waals surface area contributed by atoms with Gasteiger partial charge in [-0.15, -0.1) is 0 Å². The first-order chi connectivity index (χ1) is 4.83. The molecule has 0 amide bonds. The predicted octanol–water partition coefficient (Wildman–Crippen LogP) is 1.57. The summed E-state index contributed by atoms with van der Waals surface area (Å²) in [4.78, 5) is 0. The maximum absolute atomic E-state index is 10.3. The van der Waals surface area contributed by atoms with Crippen molar-refractivity contribution < 1.29 is 20.4 Å². The van der Waals surface area contributed by atoms with Gasteiger partial charge in [0.05, 0.1) is 0 Å². The van der Waals surface area contributed by atoms with Gasteiger partial charge in [-0.1, -0.05) is 0 Å². The van der Waals surface area contributed by atoms with E-state index in [2.05, 4.69) is 0 Å². The molecule has 1 rings (SSSR count). The van der Waals surface area contributed by atoms with Crippen LogP contribution < -0.4 is 0 Å². The third-order valence-electron chi connectivity index (χ3n) is 1.24. The Morgan fingerprint density at radius 1 is 1.30 bits per heavy atom. The predicted molar refractivity (Wildman–Crippen MR) is 37.0 cm³/mol. The van der Waals surface area contributed by atoms with Gasteiger partial charge in [0.1, 0.15) is 0 Å². The van der Waals surface area contributed by atoms with Gasteiger partial charge in [-0.25, -0.2) is 0 Å². The van der Waals surface area contributed by atoms with Gasteiger partial charge in [0.15, 0.2) is 0 Å². The number of hydrogen-bond donors (Lipinski definition) is 0. The summed E-state index contributed by atoms with van der Waals surface area (Å²) in [6.07, 6.45) is 0. The van der Waals surface area contributed by atoms with Crippen molar-refractivity contribution in [1.82, 2.24) is 0 Å². The molecular weight excluding hydrogens is 302 g/mol. The summed E-state index contributed by atoms with van der Waals surface area (Å²) in [6.45, 7) is 2.04. The second-order valence-electron chi connectivity index (χ2n) is 2.10. The van der Waals surface area contributed by atoms with E-state index >= 15 is 0 Å². The van der Waals surface area contributed by atoms with Gasteiger partial charge in [0, 0.05) is 0 Å². The fourth-order valence-electron chi connectivity index (χ4n) is 0.683. The van der Waals surface area contributed by atoms with Crippen molar-refractivity contribution >= 4 is 4.57 Å². The van der Waals surface area contributed by atoms with Gasteiger partial charge < -0.3 is 0 Å². The summed E-state index contributed by atoms with van der Waals surface area (Å²) in [5.74, 6) is 0. The first-order valence-corrected chi connectivity index (χ1v) is 5.46. The third-order valence-corrected chi connectivity index (χ3v) is 2.38. The van der Waals surface area contributed by atoms with Gasteiger partial charge in [0.25, 0.3) is 0 Å². The van der Waals surface area contributed by atoms with Crippen LogP contribution in [0.2, 0.25) is 0 Å². The molecule has 0 bridgehead atoms. The maximum atomic E-state index is 10.3. The van der Waals surface area contributed by atoms with Crippen LogP contribution in [-0.4, -0.2) is 4.57 Å². The van der Waals surface area contributed by atoms with Crippen LogP contribution in [-0.2, 0) is 20.4 Å². The van der Waals surface area contributed by atoms with Crippen LogP contribution in [0.1, 0.15) is 11.1 Å². The van der Waals surface area contributed by atoms with Gasteiger partial charge >= 0.3 is 67.3 Å². The Hall–Kier alpha value is -0.474. The van der Waals surface area contributed by atoms with Crippen molar-refractivity contribution in [1.29, 1.82) is 0 Å². The first-order valence-electron chi connectivity index (χ1n) is 2.96. The van der Waals surface area contributed by atoms with Crippen LogP contribution in [0.5, 0.6) is 0 Å². The summed E-state index contributed by atoms with van der Waals surface area (Å²) in [5.41, 5.74) is 2.32. The summed E-state index contributed by atoms with van der Waals surface area (Å²) in [5, 5.41) is 0. The number of rotatable bonds is 1. The van der Waals surface area contributed by atoms with E-state index in [1.165, 1.54) is 5.56 Å². The Labute approximate surface area is 67.6 Å². The molecule has 10 heavy (non-hydrogen) atoms. The molecule has 0 aliphatic rings. The van der Waals surface area contributed by atoms with E-state index in [-0.39, 0.29) is 0 Å². The second kappa shape index (κ2) is 3.64. The molecule has 0 radical (unpaired) electrons. The molecule has 1 nitrogen and oxygen atoms in total. The fourth-order valence-corrected chi connectivity index (χ4v) is 1.52. The molecule has 0 heterocycles. The molecule has 0 aromatic heterocycles. The molecule has 0 aliphatic carbocycles. The van der Waals surface area contributed by atoms with Crippen molar-refractivity contribution in [2.45, 2.75) is 6.92 Å². The van der Waals surface area contributed by atoms with Gasteiger partial charge in [-0.05, 0) is 0 Å². The molecule has 0 saturated carbocycles. The minimum absolute atomic E-state index is 1.08. The molecule has 0 unspecified atom stereocenters. The van der Waals surface area contributed by atoms with E-state index in [9.17, 15) is 3.54 Å². The molecule has 0 saturated heterocycles. The van der Waals surface area contributed by atoms with Gasteiger partial charge in [0.2, 0.25) is 0 Å². The average molecular weight is 310 g/mol. The van der Waals surface area contributed by atoms with Crippen molar-refractivity contribution in [3.05, 3.63) is 35.4 Å². The van der Waals surface area contributed by atoms with E-state index in [4.69, 9.17) is 0 Å². The van der Waals surface area contributed by atoms with Crippen LogP contribution in [0.3, 0.4) is 0 Å². The molecule has 1 aromatic carbocycles. The van der Waals surface area contributed by atoms with Crippen LogP contribution in [0.15, 0.2) is 24.3 Å². The van der Waals surface area contributed by atoms with Crippen molar-refractivity contribution in [2.75, 3.05) is 0 Å². The molecule has 0 N–H and O–H groups in total. The monoisotopic (exact) mass is 312 g/mol. The summed E-state index contributed by atoms with van der Waals surface area (Å²) >= 11 is -1.17. The Kier molecular flexibility index (Phi) is 2.77. The van der Waals surface area contributed by atoms with Crippen molar-refractivity contribution in [3.63, 3.8) is 0 Å². The Morgan fingerprint density at radius 2 is 1.90 bits per heavy atom. The van der Waals surface area contributed by atoms with Crippen LogP contribution in [0.25, 0.3) is 0 Å². The minimum atomic E-state index is -1.17. The quantitative estimate of drug-likeness (QED) is 0.770. The van der Waals surface area contributed by atoms with E-state index in [1.54, 1.807) is 4.57 Å². The molecule has 0 spiro atoms. The zero-order chi connectivity index (χ0) is 7.40. The molecule has 2 heteroatoms. The summed E-state index contributed by atoms with van der Waals surface area (Å²) in [6, 6.07) is 8.02. The first kappa shape index (κ1) is 7.63. The molecule has 0 fully saturated rings. The van der Waals surface area contributed by atoms with E-state index < -0.39 is 16.9 Å². The van der Waals surface area contributed by atoms with E-state index in [0.717, 1.165) is 5.56 Å². The third kappa shape index (κ3) is 2.04. The normalized spacial score (nSPS) is 9.30. The van der Waals surface area contributed by atoms with Crippen LogP contribution >= 0.6 is 0 Å².